The van der Waals surface area contributed by atoms with Gasteiger partial charge in [0.2, 0.25) is 0 Å². The van der Waals surface area contributed by atoms with Crippen LogP contribution in [-0.4, -0.2) is 16.1 Å². The molecule has 0 aliphatic heterocycles. The van der Waals surface area contributed by atoms with Gasteiger partial charge in [-0.25, -0.2) is 4.39 Å². The number of alkyl halides is 3. The van der Waals surface area contributed by atoms with Crippen molar-refractivity contribution in [3.63, 3.8) is 0 Å². The lowest BCUT2D eigenvalue weighted by molar-refractivity contribution is -0.140. The van der Waals surface area contributed by atoms with Gasteiger partial charge in [-0.2, -0.15) is 18.3 Å². The number of rotatable bonds is 2. The van der Waals surface area contributed by atoms with Gasteiger partial charge in [-0.05, 0) is 24.3 Å². The molecule has 0 radical (unpaired) electrons. The van der Waals surface area contributed by atoms with E-state index >= 15 is 0 Å². The standard InChI is InChI=1S/C12H7F4N3O/c13-10-7(3-1-4-8(10)12(14,15)16)11(20)18-9-5-2-6-17-19-9/h1-6H,(H,18,19,20). The topological polar surface area (TPSA) is 54.9 Å². The number of nitrogens with zero attached hydrogens (tertiary/aromatic N) is 2. The number of benzene rings is 1. The summed E-state index contributed by atoms with van der Waals surface area (Å²) in [5, 5.41) is 9.15. The fraction of sp³-hybridized carbons (Fsp3) is 0.0833. The van der Waals surface area contributed by atoms with Crippen LogP contribution in [0.15, 0.2) is 36.5 Å². The van der Waals surface area contributed by atoms with E-state index in [0.29, 0.717) is 6.07 Å². The zero-order valence-corrected chi connectivity index (χ0v) is 9.78. The van der Waals surface area contributed by atoms with Crippen LogP contribution >= 0.6 is 0 Å². The fourth-order valence-electron chi connectivity index (χ4n) is 1.48. The molecule has 1 heterocycles. The van der Waals surface area contributed by atoms with Crippen LogP contribution in [-0.2, 0) is 6.18 Å². The van der Waals surface area contributed by atoms with Gasteiger partial charge in [-0.3, -0.25) is 4.79 Å². The van der Waals surface area contributed by atoms with E-state index in [9.17, 15) is 22.4 Å². The van der Waals surface area contributed by atoms with Crippen LogP contribution in [0, 0.1) is 5.82 Å². The molecule has 0 aliphatic rings. The molecule has 20 heavy (non-hydrogen) atoms. The molecule has 0 spiro atoms. The van der Waals surface area contributed by atoms with Gasteiger partial charge in [0.25, 0.3) is 5.91 Å². The predicted octanol–water partition coefficient (Wildman–Crippen LogP) is 2.89. The predicted molar refractivity (Wildman–Crippen MR) is 61.4 cm³/mol. The number of nitrogens with one attached hydrogen (secondary N) is 1. The zero-order valence-electron chi connectivity index (χ0n) is 9.78. The van der Waals surface area contributed by atoms with E-state index in [4.69, 9.17) is 0 Å². The third-order valence-electron chi connectivity index (χ3n) is 2.36. The molecule has 1 aromatic heterocycles. The first-order chi connectivity index (χ1) is 9.39. The number of halogens is 4. The number of hydrogen-bond acceptors (Lipinski definition) is 3. The summed E-state index contributed by atoms with van der Waals surface area (Å²) in [6, 6.07) is 5.31. The second kappa shape index (κ2) is 5.24. The molecule has 1 aromatic carbocycles. The first kappa shape index (κ1) is 13.9. The van der Waals surface area contributed by atoms with E-state index in [2.05, 4.69) is 15.5 Å². The molecule has 0 saturated carbocycles. The average molecular weight is 285 g/mol. The van der Waals surface area contributed by atoms with Gasteiger partial charge < -0.3 is 5.32 Å². The van der Waals surface area contributed by atoms with Gasteiger partial charge in [-0.15, -0.1) is 5.10 Å². The van der Waals surface area contributed by atoms with E-state index in [1.807, 2.05) is 0 Å². The van der Waals surface area contributed by atoms with Gasteiger partial charge in [0.1, 0.15) is 5.82 Å². The number of hydrogen-bond donors (Lipinski definition) is 1. The maximum absolute atomic E-state index is 13.7. The maximum atomic E-state index is 13.7. The van der Waals surface area contributed by atoms with E-state index in [1.54, 1.807) is 0 Å². The van der Waals surface area contributed by atoms with Crippen molar-refractivity contribution in [3.8, 4) is 0 Å². The molecule has 104 valence electrons. The Morgan fingerprint density at radius 1 is 1.15 bits per heavy atom. The van der Waals surface area contributed by atoms with Crippen LogP contribution < -0.4 is 5.32 Å². The highest BCUT2D eigenvalue weighted by molar-refractivity contribution is 6.04. The smallest absolute Gasteiger partial charge is 0.305 e. The SMILES string of the molecule is O=C(Nc1cccnn1)c1cccc(C(F)(F)F)c1F. The van der Waals surface area contributed by atoms with E-state index < -0.39 is 29.0 Å². The molecule has 0 aliphatic carbocycles. The van der Waals surface area contributed by atoms with Crippen molar-refractivity contribution in [2.45, 2.75) is 6.18 Å². The van der Waals surface area contributed by atoms with Crippen molar-refractivity contribution in [1.29, 1.82) is 0 Å². The lowest BCUT2D eigenvalue weighted by Crippen LogP contribution is -2.18. The third kappa shape index (κ3) is 2.90. The number of carbonyl (C=O) groups is 1. The van der Waals surface area contributed by atoms with Gasteiger partial charge in [0, 0.05) is 6.20 Å². The molecule has 2 aromatic rings. The van der Waals surface area contributed by atoms with Crippen LogP contribution in [0.1, 0.15) is 15.9 Å². The van der Waals surface area contributed by atoms with Crippen molar-refractivity contribution >= 4 is 11.7 Å². The number of anilines is 1. The van der Waals surface area contributed by atoms with Crippen molar-refractivity contribution in [2.24, 2.45) is 0 Å². The van der Waals surface area contributed by atoms with Crippen LogP contribution in [0.5, 0.6) is 0 Å². The normalized spacial score (nSPS) is 11.2. The summed E-state index contributed by atoms with van der Waals surface area (Å²) in [6.07, 6.45) is -3.52. The Hall–Kier alpha value is -2.51. The Morgan fingerprint density at radius 2 is 1.90 bits per heavy atom. The highest BCUT2D eigenvalue weighted by Crippen LogP contribution is 2.32. The van der Waals surface area contributed by atoms with E-state index in [1.165, 1.54) is 18.3 Å². The first-order valence-corrected chi connectivity index (χ1v) is 5.34. The molecule has 1 N–H and O–H groups in total. The Kier molecular flexibility index (Phi) is 3.64. The molecular weight excluding hydrogens is 278 g/mol. The largest absolute Gasteiger partial charge is 0.419 e. The van der Waals surface area contributed by atoms with Crippen molar-refractivity contribution in [1.82, 2.24) is 10.2 Å². The van der Waals surface area contributed by atoms with Crippen LogP contribution in [0.25, 0.3) is 0 Å². The van der Waals surface area contributed by atoms with Crippen molar-refractivity contribution < 1.29 is 22.4 Å². The first-order valence-electron chi connectivity index (χ1n) is 5.34. The minimum atomic E-state index is -4.87. The molecule has 0 bridgehead atoms. The second-order valence-corrected chi connectivity index (χ2v) is 3.73. The highest BCUT2D eigenvalue weighted by atomic mass is 19.4. The summed E-state index contributed by atoms with van der Waals surface area (Å²) in [6.45, 7) is 0. The Labute approximate surface area is 110 Å². The van der Waals surface area contributed by atoms with Crippen LogP contribution in [0.4, 0.5) is 23.4 Å². The Bertz CT molecular complexity index is 628. The minimum absolute atomic E-state index is 0.00862. The van der Waals surface area contributed by atoms with Gasteiger partial charge >= 0.3 is 6.18 Å². The average Bonchev–Trinajstić information content (AvgIpc) is 2.38. The zero-order chi connectivity index (χ0) is 14.8. The summed E-state index contributed by atoms with van der Waals surface area (Å²) < 4.78 is 51.3. The molecule has 0 unspecified atom stereocenters. The van der Waals surface area contributed by atoms with Crippen LogP contribution in [0.3, 0.4) is 0 Å². The monoisotopic (exact) mass is 285 g/mol. The van der Waals surface area contributed by atoms with E-state index in [-0.39, 0.29) is 5.82 Å². The summed E-state index contributed by atoms with van der Waals surface area (Å²) >= 11 is 0. The number of carbonyl (C=O) groups excluding carboxylic acids is 1. The molecule has 8 heteroatoms. The van der Waals surface area contributed by atoms with Gasteiger partial charge in [0.15, 0.2) is 5.82 Å². The highest BCUT2D eigenvalue weighted by Gasteiger charge is 2.35. The number of aromatic nitrogens is 2. The Morgan fingerprint density at radius 3 is 2.50 bits per heavy atom. The van der Waals surface area contributed by atoms with Gasteiger partial charge in [-0.1, -0.05) is 6.07 Å². The molecule has 2 rings (SSSR count). The second-order valence-electron chi connectivity index (χ2n) is 3.73. The van der Waals surface area contributed by atoms with Crippen molar-refractivity contribution in [2.75, 3.05) is 5.32 Å². The molecular formula is C12H7F4N3O. The number of amides is 1. The molecule has 1 amide bonds. The van der Waals surface area contributed by atoms with Gasteiger partial charge in [0.05, 0.1) is 11.1 Å². The quantitative estimate of drug-likeness (QED) is 0.863. The molecule has 0 atom stereocenters. The molecule has 4 nitrogen and oxygen atoms in total. The summed E-state index contributed by atoms with van der Waals surface area (Å²) in [5.41, 5.74) is -2.21. The summed E-state index contributed by atoms with van der Waals surface area (Å²) in [5.74, 6) is -2.65. The fourth-order valence-corrected chi connectivity index (χ4v) is 1.48. The Balaban J connectivity index is 2.32. The summed E-state index contributed by atoms with van der Waals surface area (Å²) in [4.78, 5) is 11.7. The summed E-state index contributed by atoms with van der Waals surface area (Å²) in [7, 11) is 0. The van der Waals surface area contributed by atoms with Crippen LogP contribution in [0.2, 0.25) is 0 Å². The molecule has 0 saturated heterocycles. The molecule has 0 fully saturated rings. The maximum Gasteiger partial charge on any atom is 0.419 e. The minimum Gasteiger partial charge on any atom is -0.305 e. The third-order valence-corrected chi connectivity index (χ3v) is 2.36. The lowest BCUT2D eigenvalue weighted by Gasteiger charge is -2.10. The van der Waals surface area contributed by atoms with Crippen molar-refractivity contribution in [3.05, 3.63) is 53.5 Å². The van der Waals surface area contributed by atoms with E-state index in [0.717, 1.165) is 12.1 Å². The lowest BCUT2D eigenvalue weighted by atomic mass is 10.1.